The predicted octanol–water partition coefficient (Wildman–Crippen LogP) is -3.05. The van der Waals surface area contributed by atoms with Gasteiger partial charge in [-0.15, -0.1) is 0 Å². The molecule has 7 N–H and O–H groups in total. The molecule has 0 aliphatic carbocycles. The molecule has 0 aromatic rings. The van der Waals surface area contributed by atoms with Gasteiger partial charge in [0.25, 0.3) is 5.79 Å². The number of carboxylic acids is 1. The molecule has 2 amide bonds. The number of aliphatic carboxylic acids is 1. The van der Waals surface area contributed by atoms with Crippen molar-refractivity contribution in [2.45, 2.75) is 62.3 Å². The van der Waals surface area contributed by atoms with Gasteiger partial charge in [-0.05, 0) is 13.8 Å². The molecule has 1 aliphatic heterocycles. The Morgan fingerprint density at radius 3 is 2.09 bits per heavy atom. The molecule has 19 heteroatoms. The zero-order chi connectivity index (χ0) is 34.6. The van der Waals surface area contributed by atoms with E-state index in [0.717, 1.165) is 0 Å². The molecule has 1 heterocycles. The average Bonchev–Trinajstić information content (AvgIpc) is 3.00. The number of methoxy groups -OCH3 is 2. The summed E-state index contributed by atoms with van der Waals surface area (Å²) in [5.74, 6) is -8.34. The molecule has 46 heavy (non-hydrogen) atoms. The van der Waals surface area contributed by atoms with E-state index in [0.29, 0.717) is 33.0 Å². The van der Waals surface area contributed by atoms with Gasteiger partial charge in [0.15, 0.2) is 0 Å². The first-order chi connectivity index (χ1) is 21.8. The molecule has 1 unspecified atom stereocenters. The van der Waals surface area contributed by atoms with Gasteiger partial charge >= 0.3 is 12.1 Å². The number of amides is 2. The average molecular weight is 675 g/mol. The number of carbonyl (C=O) groups excluding carboxylic acids is 2. The molecule has 0 bridgehead atoms. The predicted molar refractivity (Wildman–Crippen MR) is 154 cm³/mol. The van der Waals surface area contributed by atoms with E-state index in [1.807, 2.05) is 0 Å². The highest BCUT2D eigenvalue weighted by Crippen LogP contribution is 2.38. The fraction of sp³-hybridized carbons (Fsp3) is 0.889. The van der Waals surface area contributed by atoms with E-state index in [4.69, 9.17) is 42.6 Å². The Morgan fingerprint density at radius 1 is 0.935 bits per heavy atom. The van der Waals surface area contributed by atoms with Gasteiger partial charge in [0.05, 0.1) is 78.3 Å². The van der Waals surface area contributed by atoms with Gasteiger partial charge in [0.2, 0.25) is 11.7 Å². The number of alkyl carbamates (subject to hydrolysis) is 1. The van der Waals surface area contributed by atoms with Gasteiger partial charge in [0.1, 0.15) is 31.4 Å². The normalized spacial score (nSPS) is 24.4. The smallest absolute Gasteiger partial charge is 0.407 e. The van der Waals surface area contributed by atoms with Crippen molar-refractivity contribution < 1.29 is 82.5 Å². The van der Waals surface area contributed by atoms with Gasteiger partial charge in [-0.1, -0.05) is 0 Å². The van der Waals surface area contributed by atoms with Crippen LogP contribution in [0.3, 0.4) is 0 Å². The summed E-state index contributed by atoms with van der Waals surface area (Å²) in [5.41, 5.74) is 0. The first kappa shape index (κ1) is 41.8. The van der Waals surface area contributed by atoms with Gasteiger partial charge in [0, 0.05) is 20.6 Å². The van der Waals surface area contributed by atoms with Gasteiger partial charge < -0.3 is 78.8 Å². The molecule has 1 rings (SSSR count). The van der Waals surface area contributed by atoms with E-state index < -0.39 is 79.6 Å². The Kier molecular flexibility index (Phi) is 20.3. The van der Waals surface area contributed by atoms with E-state index in [1.165, 1.54) is 13.8 Å². The van der Waals surface area contributed by atoms with Crippen LogP contribution in [0.15, 0.2) is 0 Å². The maximum Gasteiger partial charge on any atom is 0.407 e. The highest BCUT2D eigenvalue weighted by atomic mass is 16.8. The first-order valence-electron chi connectivity index (χ1n) is 14.7. The van der Waals surface area contributed by atoms with Crippen molar-refractivity contribution >= 4 is 18.0 Å². The molecule has 0 saturated carbocycles. The largest absolute Gasteiger partial charge is 0.477 e. The number of rotatable bonds is 25. The lowest BCUT2D eigenvalue weighted by molar-refractivity contribution is -0.406. The van der Waals surface area contributed by atoms with Crippen molar-refractivity contribution in [1.82, 2.24) is 10.6 Å². The molecule has 0 aromatic carbocycles. The lowest BCUT2D eigenvalue weighted by atomic mass is 9.87. The Morgan fingerprint density at radius 2 is 1.52 bits per heavy atom. The van der Waals surface area contributed by atoms with Crippen LogP contribution >= 0.6 is 0 Å². The van der Waals surface area contributed by atoms with Crippen molar-refractivity contribution in [3.05, 3.63) is 0 Å². The minimum Gasteiger partial charge on any atom is -0.477 e. The highest BCUT2D eigenvalue weighted by molar-refractivity contribution is 5.82. The lowest BCUT2D eigenvalue weighted by Gasteiger charge is -2.50. The standard InChI is InChI=1S/C27H50N2O17/c1-18(2)45-26(24(34)35)13-20(31)23(27(37,46-26)21(32)15-30)29-22(33)14-28-25(36)44-17-19(43-12-11-41-8-6-39-4)16-42-10-9-40-7-5-38-3/h18-21,23,30-32,37H,5-17H2,1-4H3,(H,28,36)(H,29,33)(H,34,35)/t19?,20-,21+,23+,26-,27+/m0/s1. The molecule has 0 radical (unpaired) electrons. The zero-order valence-corrected chi connectivity index (χ0v) is 26.7. The van der Waals surface area contributed by atoms with Crippen LogP contribution in [-0.2, 0) is 52.2 Å². The number of aliphatic hydroxyl groups is 4. The Labute approximate surface area is 267 Å². The summed E-state index contributed by atoms with van der Waals surface area (Å²) >= 11 is 0. The molecule has 1 fully saturated rings. The topological polar surface area (TPSA) is 259 Å². The molecular weight excluding hydrogens is 624 g/mol. The Bertz CT molecular complexity index is 883. The summed E-state index contributed by atoms with van der Waals surface area (Å²) in [4.78, 5) is 37.0. The zero-order valence-electron chi connectivity index (χ0n) is 26.7. The molecule has 1 aliphatic rings. The number of ether oxygens (including phenoxy) is 9. The van der Waals surface area contributed by atoms with Crippen LogP contribution in [0, 0.1) is 0 Å². The SMILES string of the molecule is COCCOCCOCC(COC(=O)NCC(=O)N[C@@H]1[C@@H](O)C[C@@](OC(C)C)(C(=O)O)O[C@]1(O)[C@H](O)CO)OCCOCCOC. The second kappa shape index (κ2) is 22.3. The molecule has 19 nitrogen and oxygen atoms in total. The number of nitrogens with one attached hydrogen (secondary N) is 2. The molecule has 1 saturated heterocycles. The highest BCUT2D eigenvalue weighted by Gasteiger charge is 2.62. The van der Waals surface area contributed by atoms with Crippen LogP contribution in [-0.4, -0.2) is 179 Å². The minimum atomic E-state index is -3.01. The molecular formula is C27H50N2O17. The number of carbonyl (C=O) groups is 3. The minimum absolute atomic E-state index is 0.0448. The molecule has 6 atom stereocenters. The summed E-state index contributed by atoms with van der Waals surface area (Å²) in [6, 6.07) is -1.84. The maximum atomic E-state index is 12.7. The van der Waals surface area contributed by atoms with Crippen LogP contribution in [0.1, 0.15) is 20.3 Å². The second-order valence-electron chi connectivity index (χ2n) is 10.3. The van der Waals surface area contributed by atoms with Crippen LogP contribution in [0.5, 0.6) is 0 Å². The van der Waals surface area contributed by atoms with E-state index in [-0.39, 0.29) is 33.0 Å². The number of hydrogen-bond donors (Lipinski definition) is 7. The lowest BCUT2D eigenvalue weighted by Crippen LogP contribution is -2.74. The van der Waals surface area contributed by atoms with E-state index in [1.54, 1.807) is 14.2 Å². The van der Waals surface area contributed by atoms with Crippen molar-refractivity contribution in [2.75, 3.05) is 93.4 Å². The van der Waals surface area contributed by atoms with Crippen molar-refractivity contribution in [1.29, 1.82) is 0 Å². The number of aliphatic hydroxyl groups excluding tert-OH is 3. The van der Waals surface area contributed by atoms with Crippen molar-refractivity contribution in [2.24, 2.45) is 0 Å². The summed E-state index contributed by atoms with van der Waals surface area (Å²) in [5, 5.41) is 55.7. The van der Waals surface area contributed by atoms with Gasteiger partial charge in [-0.3, -0.25) is 4.79 Å². The third-order valence-electron chi connectivity index (χ3n) is 6.27. The second-order valence-corrected chi connectivity index (χ2v) is 10.3. The van der Waals surface area contributed by atoms with Gasteiger partial charge in [-0.2, -0.15) is 0 Å². The Hall–Kier alpha value is -2.27. The van der Waals surface area contributed by atoms with Crippen molar-refractivity contribution in [3.63, 3.8) is 0 Å². The summed E-state index contributed by atoms with van der Waals surface area (Å²) in [6.45, 7) is 3.45. The fourth-order valence-electron chi connectivity index (χ4n) is 4.11. The fourth-order valence-corrected chi connectivity index (χ4v) is 4.11. The van der Waals surface area contributed by atoms with Crippen molar-refractivity contribution in [3.8, 4) is 0 Å². The van der Waals surface area contributed by atoms with Crippen LogP contribution in [0.25, 0.3) is 0 Å². The summed E-state index contributed by atoms with van der Waals surface area (Å²) < 4.78 is 47.4. The quantitative estimate of drug-likeness (QED) is 0.0475. The van der Waals surface area contributed by atoms with Crippen LogP contribution in [0.4, 0.5) is 4.79 Å². The molecule has 270 valence electrons. The number of carboxylic acid groups (broad SMARTS) is 1. The first-order valence-corrected chi connectivity index (χ1v) is 14.7. The van der Waals surface area contributed by atoms with Crippen LogP contribution < -0.4 is 10.6 Å². The van der Waals surface area contributed by atoms with E-state index in [9.17, 15) is 39.9 Å². The third-order valence-corrected chi connectivity index (χ3v) is 6.27. The summed E-state index contributed by atoms with van der Waals surface area (Å²) in [6.07, 6.45) is -7.26. The Balaban J connectivity index is 2.71. The molecule has 0 spiro atoms. The monoisotopic (exact) mass is 674 g/mol. The number of hydrogen-bond acceptors (Lipinski definition) is 16. The molecule has 0 aromatic heterocycles. The van der Waals surface area contributed by atoms with Crippen LogP contribution in [0.2, 0.25) is 0 Å². The third kappa shape index (κ3) is 14.7. The maximum absolute atomic E-state index is 12.7. The summed E-state index contributed by atoms with van der Waals surface area (Å²) in [7, 11) is 3.10. The van der Waals surface area contributed by atoms with Gasteiger partial charge in [-0.25, -0.2) is 9.59 Å². The van der Waals surface area contributed by atoms with E-state index in [2.05, 4.69) is 10.6 Å². The van der Waals surface area contributed by atoms with E-state index >= 15 is 0 Å².